The molecule has 1 aliphatic heterocycles. The van der Waals surface area contributed by atoms with Crippen LogP contribution in [-0.2, 0) is 16.1 Å². The highest BCUT2D eigenvalue weighted by Gasteiger charge is 2.46. The van der Waals surface area contributed by atoms with E-state index in [1.54, 1.807) is 23.9 Å². The van der Waals surface area contributed by atoms with Gasteiger partial charge in [0.2, 0.25) is 11.8 Å². The van der Waals surface area contributed by atoms with Crippen molar-refractivity contribution in [3.8, 4) is 22.9 Å². The number of hydrogen-bond donors (Lipinski definition) is 3. The third-order valence-corrected chi connectivity index (χ3v) is 5.81. The van der Waals surface area contributed by atoms with Gasteiger partial charge in [-0.3, -0.25) is 4.57 Å². The van der Waals surface area contributed by atoms with Crippen LogP contribution in [-0.4, -0.2) is 71.9 Å². The molecule has 1 aliphatic rings. The predicted octanol–water partition coefficient (Wildman–Crippen LogP) is 1.44. The highest BCUT2D eigenvalue weighted by atomic mass is 16.6. The molecule has 4 aromatic rings. The Morgan fingerprint density at radius 2 is 1.94 bits per heavy atom. The van der Waals surface area contributed by atoms with E-state index in [1.165, 1.54) is 12.7 Å². The van der Waals surface area contributed by atoms with Gasteiger partial charge in [-0.05, 0) is 17.2 Å². The largest absolute Gasteiger partial charge is 0.492 e. The van der Waals surface area contributed by atoms with Gasteiger partial charge in [0.1, 0.15) is 24.6 Å². The molecular weight excluding hydrogens is 442 g/mol. The fourth-order valence-corrected chi connectivity index (χ4v) is 4.07. The minimum Gasteiger partial charge on any atom is -0.492 e. The van der Waals surface area contributed by atoms with Crippen LogP contribution in [0.25, 0.3) is 22.3 Å². The van der Waals surface area contributed by atoms with Gasteiger partial charge in [-0.15, -0.1) is 0 Å². The van der Waals surface area contributed by atoms with Crippen LogP contribution in [0.4, 0.5) is 0 Å². The minimum absolute atomic E-state index is 0.162. The summed E-state index contributed by atoms with van der Waals surface area (Å²) in [4.78, 5) is 16.3. The average Bonchev–Trinajstić information content (AvgIpc) is 3.44. The van der Waals surface area contributed by atoms with E-state index in [1.807, 2.05) is 30.3 Å². The molecule has 0 spiro atoms. The first-order valence-corrected chi connectivity index (χ1v) is 10.6. The van der Waals surface area contributed by atoms with E-state index in [-0.39, 0.29) is 18.0 Å². The van der Waals surface area contributed by atoms with Crippen molar-refractivity contribution in [1.82, 2.24) is 24.5 Å². The molecule has 1 fully saturated rings. The maximum atomic E-state index is 10.8. The van der Waals surface area contributed by atoms with Gasteiger partial charge < -0.3 is 29.5 Å². The van der Waals surface area contributed by atoms with Crippen molar-refractivity contribution in [1.29, 1.82) is 0 Å². The maximum Gasteiger partial charge on any atom is 0.242 e. The Kier molecular flexibility index (Phi) is 6.07. The first kappa shape index (κ1) is 22.2. The van der Waals surface area contributed by atoms with Gasteiger partial charge in [0, 0.05) is 17.8 Å². The van der Waals surface area contributed by atoms with E-state index in [0.29, 0.717) is 11.5 Å². The SMILES string of the molecule is COc1ccc(-c2ccccc2COC2C(O)[C@@H](CO)O[C@H]2n2cnc3c(O)ncnc32)cn1. The number of methoxy groups -OCH3 is 1. The molecule has 34 heavy (non-hydrogen) atoms. The first-order chi connectivity index (χ1) is 16.6. The number of nitrogens with zero attached hydrogens (tertiary/aromatic N) is 5. The Labute approximate surface area is 194 Å². The fourth-order valence-electron chi connectivity index (χ4n) is 4.07. The molecule has 4 atom stereocenters. The number of aromatic nitrogens is 5. The van der Waals surface area contributed by atoms with E-state index in [0.717, 1.165) is 16.7 Å². The second-order valence-electron chi connectivity index (χ2n) is 7.78. The van der Waals surface area contributed by atoms with Crippen molar-refractivity contribution in [2.45, 2.75) is 31.1 Å². The number of ether oxygens (including phenoxy) is 3. The number of aromatic hydroxyl groups is 1. The van der Waals surface area contributed by atoms with Crippen LogP contribution in [0.15, 0.2) is 55.2 Å². The molecule has 0 amide bonds. The maximum absolute atomic E-state index is 10.8. The summed E-state index contributed by atoms with van der Waals surface area (Å²) in [6.45, 7) is -0.229. The van der Waals surface area contributed by atoms with Crippen molar-refractivity contribution in [2.24, 2.45) is 0 Å². The van der Waals surface area contributed by atoms with Crippen LogP contribution in [0.1, 0.15) is 11.8 Å². The van der Waals surface area contributed by atoms with Crippen molar-refractivity contribution in [2.75, 3.05) is 13.7 Å². The summed E-state index contributed by atoms with van der Waals surface area (Å²) in [5.41, 5.74) is 3.21. The lowest BCUT2D eigenvalue weighted by Gasteiger charge is -2.23. The van der Waals surface area contributed by atoms with Gasteiger partial charge in [-0.1, -0.05) is 24.3 Å². The Morgan fingerprint density at radius 3 is 2.71 bits per heavy atom. The van der Waals surface area contributed by atoms with Crippen molar-refractivity contribution in [3.63, 3.8) is 0 Å². The van der Waals surface area contributed by atoms with Gasteiger partial charge in [-0.25, -0.2) is 15.0 Å². The second-order valence-corrected chi connectivity index (χ2v) is 7.78. The lowest BCUT2D eigenvalue weighted by Crippen LogP contribution is -2.35. The number of rotatable bonds is 7. The molecule has 1 saturated heterocycles. The van der Waals surface area contributed by atoms with Crippen molar-refractivity contribution < 1.29 is 29.5 Å². The highest BCUT2D eigenvalue weighted by Crippen LogP contribution is 2.35. The van der Waals surface area contributed by atoms with Gasteiger partial charge in [0.05, 0.1) is 26.7 Å². The summed E-state index contributed by atoms with van der Waals surface area (Å²) in [6, 6.07) is 11.4. The molecule has 176 valence electrons. The van der Waals surface area contributed by atoms with Crippen LogP contribution in [0.5, 0.6) is 11.8 Å². The number of aliphatic hydroxyl groups excluding tert-OH is 2. The zero-order valence-electron chi connectivity index (χ0n) is 18.2. The van der Waals surface area contributed by atoms with E-state index >= 15 is 0 Å². The molecule has 0 saturated carbocycles. The lowest BCUT2D eigenvalue weighted by atomic mass is 10.0. The van der Waals surface area contributed by atoms with Crippen molar-refractivity contribution in [3.05, 3.63) is 60.8 Å². The van der Waals surface area contributed by atoms with Crippen LogP contribution in [0.3, 0.4) is 0 Å². The Balaban J connectivity index is 1.43. The van der Waals surface area contributed by atoms with Crippen LogP contribution >= 0.6 is 0 Å². The normalized spacial score (nSPS) is 22.3. The van der Waals surface area contributed by atoms with E-state index in [9.17, 15) is 15.3 Å². The predicted molar refractivity (Wildman–Crippen MR) is 119 cm³/mol. The lowest BCUT2D eigenvalue weighted by molar-refractivity contribution is -0.0760. The standard InChI is InChI=1S/C23H23N5O6/c1-32-17-7-6-13(8-24-17)15-5-3-2-4-14(15)10-33-20-19(30)16(9-29)34-23(20)28-12-27-18-21(28)25-11-26-22(18)31/h2-8,11-12,16,19-20,23,29-30H,9-10H2,1H3,(H,25,26,31)/t16-,19?,20?,23-/m1/s1. The van der Waals surface area contributed by atoms with Gasteiger partial charge >= 0.3 is 0 Å². The van der Waals surface area contributed by atoms with Crippen LogP contribution in [0, 0.1) is 0 Å². The van der Waals surface area contributed by atoms with Gasteiger partial charge in [0.25, 0.3) is 0 Å². The van der Waals surface area contributed by atoms with E-state index in [4.69, 9.17) is 14.2 Å². The third-order valence-electron chi connectivity index (χ3n) is 5.81. The Morgan fingerprint density at radius 1 is 1.09 bits per heavy atom. The van der Waals surface area contributed by atoms with Crippen LogP contribution in [0.2, 0.25) is 0 Å². The molecule has 11 heteroatoms. The Hall–Kier alpha value is -3.64. The number of benzene rings is 1. The molecule has 4 heterocycles. The highest BCUT2D eigenvalue weighted by molar-refractivity contribution is 5.75. The quantitative estimate of drug-likeness (QED) is 0.366. The average molecular weight is 465 g/mol. The molecule has 0 aliphatic carbocycles. The topological polar surface area (TPSA) is 145 Å². The zero-order valence-corrected chi connectivity index (χ0v) is 18.2. The monoisotopic (exact) mass is 465 g/mol. The molecule has 11 nitrogen and oxygen atoms in total. The van der Waals surface area contributed by atoms with Crippen molar-refractivity contribution >= 4 is 11.2 Å². The summed E-state index contributed by atoms with van der Waals surface area (Å²) in [7, 11) is 1.56. The second kappa shape index (κ2) is 9.31. The molecular formula is C23H23N5O6. The third kappa shape index (κ3) is 3.94. The Bertz CT molecular complexity index is 1280. The number of aliphatic hydroxyl groups is 2. The number of fused-ring (bicyclic) bond motifs is 1. The molecule has 0 bridgehead atoms. The number of hydrogen-bond acceptors (Lipinski definition) is 10. The molecule has 2 unspecified atom stereocenters. The van der Waals surface area contributed by atoms with Gasteiger partial charge in [-0.2, -0.15) is 4.98 Å². The van der Waals surface area contributed by atoms with E-state index < -0.39 is 31.1 Å². The summed E-state index contributed by atoms with van der Waals surface area (Å²) in [5, 5.41) is 30.5. The first-order valence-electron chi connectivity index (χ1n) is 10.6. The molecule has 0 radical (unpaired) electrons. The van der Waals surface area contributed by atoms with Crippen LogP contribution < -0.4 is 4.74 Å². The number of pyridine rings is 1. The van der Waals surface area contributed by atoms with E-state index in [2.05, 4.69) is 19.9 Å². The summed E-state index contributed by atoms with van der Waals surface area (Å²) < 4.78 is 18.8. The minimum atomic E-state index is -1.10. The summed E-state index contributed by atoms with van der Waals surface area (Å²) >= 11 is 0. The summed E-state index contributed by atoms with van der Waals surface area (Å²) in [6.07, 6.45) is 0.736. The van der Waals surface area contributed by atoms with Gasteiger partial charge in [0.15, 0.2) is 17.4 Å². The fraction of sp³-hybridized carbons (Fsp3) is 0.304. The molecule has 3 N–H and O–H groups in total. The molecule has 1 aromatic carbocycles. The zero-order chi connectivity index (χ0) is 23.7. The summed E-state index contributed by atoms with van der Waals surface area (Å²) in [5.74, 6) is 0.254. The smallest absolute Gasteiger partial charge is 0.242 e. The number of imidazole rings is 1. The molecule has 5 rings (SSSR count). The molecule has 3 aromatic heterocycles.